The molecule has 0 saturated carbocycles. The molecule has 1 aromatic rings. The van der Waals surface area contributed by atoms with Crippen LogP contribution in [0.25, 0.3) is 0 Å². The zero-order chi connectivity index (χ0) is 13.0. The Bertz CT molecular complexity index is 430. The SMILES string of the molecule is O=CC1CCCCCN1c1ccc([N+](=O)[O-])cc1. The highest BCUT2D eigenvalue weighted by Crippen LogP contribution is 2.25. The highest BCUT2D eigenvalue weighted by Gasteiger charge is 2.21. The van der Waals surface area contributed by atoms with E-state index in [0.29, 0.717) is 0 Å². The average Bonchev–Trinajstić information content (AvgIpc) is 2.63. The second kappa shape index (κ2) is 5.62. The average molecular weight is 248 g/mol. The number of anilines is 1. The Morgan fingerprint density at radius 1 is 1.22 bits per heavy atom. The van der Waals surface area contributed by atoms with Crippen molar-refractivity contribution in [2.75, 3.05) is 11.4 Å². The van der Waals surface area contributed by atoms with Crippen LogP contribution < -0.4 is 4.90 Å². The summed E-state index contributed by atoms with van der Waals surface area (Å²) in [5, 5.41) is 10.6. The molecule has 96 valence electrons. The third kappa shape index (κ3) is 2.67. The maximum atomic E-state index is 11.1. The van der Waals surface area contributed by atoms with E-state index < -0.39 is 4.92 Å². The fraction of sp³-hybridized carbons (Fsp3) is 0.462. The van der Waals surface area contributed by atoms with Crippen molar-refractivity contribution in [3.63, 3.8) is 0 Å². The summed E-state index contributed by atoms with van der Waals surface area (Å²) < 4.78 is 0. The molecular weight excluding hydrogens is 232 g/mol. The number of nitro benzene ring substituents is 1. The molecule has 0 aromatic heterocycles. The van der Waals surface area contributed by atoms with Crippen molar-refractivity contribution < 1.29 is 9.72 Å². The van der Waals surface area contributed by atoms with Crippen molar-refractivity contribution in [1.29, 1.82) is 0 Å². The lowest BCUT2D eigenvalue weighted by Crippen LogP contribution is -2.35. The van der Waals surface area contributed by atoms with E-state index in [2.05, 4.69) is 0 Å². The minimum absolute atomic E-state index is 0.0798. The maximum absolute atomic E-state index is 11.1. The summed E-state index contributed by atoms with van der Waals surface area (Å²) in [7, 11) is 0. The highest BCUT2D eigenvalue weighted by molar-refractivity contribution is 5.66. The molecule has 0 N–H and O–H groups in total. The van der Waals surface area contributed by atoms with Crippen molar-refractivity contribution in [2.45, 2.75) is 31.7 Å². The summed E-state index contributed by atoms with van der Waals surface area (Å²) in [6.07, 6.45) is 5.09. The van der Waals surface area contributed by atoms with Gasteiger partial charge in [0.15, 0.2) is 0 Å². The number of hydrogen-bond donors (Lipinski definition) is 0. The second-order valence-electron chi connectivity index (χ2n) is 4.52. The van der Waals surface area contributed by atoms with Crippen molar-refractivity contribution in [3.8, 4) is 0 Å². The Balaban J connectivity index is 2.22. The molecule has 1 atom stereocenters. The monoisotopic (exact) mass is 248 g/mol. The van der Waals surface area contributed by atoms with Gasteiger partial charge in [-0.1, -0.05) is 12.8 Å². The summed E-state index contributed by atoms with van der Waals surface area (Å²) in [4.78, 5) is 23.4. The minimum Gasteiger partial charge on any atom is -0.362 e. The minimum atomic E-state index is -0.413. The number of nitro groups is 1. The molecule has 0 spiro atoms. The Morgan fingerprint density at radius 2 is 1.94 bits per heavy atom. The van der Waals surface area contributed by atoms with E-state index in [4.69, 9.17) is 0 Å². The van der Waals surface area contributed by atoms with Gasteiger partial charge in [0, 0.05) is 24.4 Å². The zero-order valence-corrected chi connectivity index (χ0v) is 10.1. The quantitative estimate of drug-likeness (QED) is 0.468. The maximum Gasteiger partial charge on any atom is 0.269 e. The Kier molecular flexibility index (Phi) is 3.92. The molecule has 1 aliphatic rings. The van der Waals surface area contributed by atoms with Gasteiger partial charge in [0.1, 0.15) is 6.29 Å². The summed E-state index contributed by atoms with van der Waals surface area (Å²) in [5.74, 6) is 0. The molecule has 5 heteroatoms. The van der Waals surface area contributed by atoms with E-state index in [1.807, 2.05) is 4.90 Å². The van der Waals surface area contributed by atoms with Crippen LogP contribution in [0.15, 0.2) is 24.3 Å². The predicted octanol–water partition coefficient (Wildman–Crippen LogP) is 2.54. The van der Waals surface area contributed by atoms with Gasteiger partial charge in [-0.05, 0) is 25.0 Å². The van der Waals surface area contributed by atoms with E-state index in [0.717, 1.165) is 44.2 Å². The number of nitrogens with zero attached hydrogens (tertiary/aromatic N) is 2. The van der Waals surface area contributed by atoms with Gasteiger partial charge in [0.2, 0.25) is 0 Å². The van der Waals surface area contributed by atoms with Crippen LogP contribution in [-0.4, -0.2) is 23.8 Å². The van der Waals surface area contributed by atoms with Crippen LogP contribution in [0.1, 0.15) is 25.7 Å². The first-order valence-electron chi connectivity index (χ1n) is 6.19. The molecule has 1 saturated heterocycles. The largest absolute Gasteiger partial charge is 0.362 e. The van der Waals surface area contributed by atoms with Crippen molar-refractivity contribution >= 4 is 17.7 Å². The molecule has 0 radical (unpaired) electrons. The molecule has 0 bridgehead atoms. The van der Waals surface area contributed by atoms with Gasteiger partial charge in [-0.3, -0.25) is 10.1 Å². The van der Waals surface area contributed by atoms with Crippen LogP contribution in [0.5, 0.6) is 0 Å². The molecule has 1 aliphatic heterocycles. The van der Waals surface area contributed by atoms with Gasteiger partial charge in [0.25, 0.3) is 5.69 Å². The first-order valence-corrected chi connectivity index (χ1v) is 6.19. The first-order chi connectivity index (χ1) is 8.72. The number of carbonyl (C=O) groups is 1. The molecule has 1 heterocycles. The summed E-state index contributed by atoms with van der Waals surface area (Å²) in [6.45, 7) is 0.835. The van der Waals surface area contributed by atoms with Gasteiger partial charge in [-0.2, -0.15) is 0 Å². The highest BCUT2D eigenvalue weighted by atomic mass is 16.6. The summed E-state index contributed by atoms with van der Waals surface area (Å²) in [5.41, 5.74) is 0.968. The number of non-ortho nitro benzene ring substituents is 1. The van der Waals surface area contributed by atoms with Crippen LogP contribution in [0.2, 0.25) is 0 Å². The van der Waals surface area contributed by atoms with E-state index in [-0.39, 0.29) is 11.7 Å². The van der Waals surface area contributed by atoms with Crippen molar-refractivity contribution in [3.05, 3.63) is 34.4 Å². The van der Waals surface area contributed by atoms with E-state index in [1.54, 1.807) is 12.1 Å². The number of rotatable bonds is 3. The van der Waals surface area contributed by atoms with Crippen LogP contribution in [0.3, 0.4) is 0 Å². The number of hydrogen-bond acceptors (Lipinski definition) is 4. The van der Waals surface area contributed by atoms with Crippen LogP contribution >= 0.6 is 0 Å². The Morgan fingerprint density at radius 3 is 2.56 bits per heavy atom. The fourth-order valence-corrected chi connectivity index (χ4v) is 2.36. The first kappa shape index (κ1) is 12.5. The number of carbonyl (C=O) groups excluding carboxylic acids is 1. The molecule has 1 aromatic carbocycles. The van der Waals surface area contributed by atoms with Crippen molar-refractivity contribution in [2.24, 2.45) is 0 Å². The topological polar surface area (TPSA) is 63.5 Å². The third-order valence-corrected chi connectivity index (χ3v) is 3.35. The molecule has 1 unspecified atom stereocenters. The lowest BCUT2D eigenvalue weighted by molar-refractivity contribution is -0.384. The Labute approximate surface area is 106 Å². The molecule has 18 heavy (non-hydrogen) atoms. The molecule has 0 amide bonds. The molecule has 0 aliphatic carbocycles. The second-order valence-corrected chi connectivity index (χ2v) is 4.52. The van der Waals surface area contributed by atoms with Crippen LogP contribution in [-0.2, 0) is 4.79 Å². The summed E-state index contributed by atoms with van der Waals surface area (Å²) >= 11 is 0. The number of aldehydes is 1. The standard InChI is InChI=1S/C13H16N2O3/c16-10-13-4-2-1-3-9-14(13)11-5-7-12(8-6-11)15(17)18/h5-8,10,13H,1-4,9H2. The van der Waals surface area contributed by atoms with E-state index in [9.17, 15) is 14.9 Å². The van der Waals surface area contributed by atoms with E-state index >= 15 is 0 Å². The van der Waals surface area contributed by atoms with E-state index in [1.165, 1.54) is 12.1 Å². The Hall–Kier alpha value is -1.91. The van der Waals surface area contributed by atoms with Gasteiger partial charge in [-0.25, -0.2) is 0 Å². The lowest BCUT2D eigenvalue weighted by atomic mass is 10.1. The van der Waals surface area contributed by atoms with Gasteiger partial charge < -0.3 is 9.69 Å². The van der Waals surface area contributed by atoms with Crippen LogP contribution in [0, 0.1) is 10.1 Å². The summed E-state index contributed by atoms with van der Waals surface area (Å²) in [6, 6.07) is 6.32. The smallest absolute Gasteiger partial charge is 0.269 e. The molecular formula is C13H16N2O3. The zero-order valence-electron chi connectivity index (χ0n) is 10.1. The van der Waals surface area contributed by atoms with Gasteiger partial charge in [0.05, 0.1) is 11.0 Å². The van der Waals surface area contributed by atoms with Crippen LogP contribution in [0.4, 0.5) is 11.4 Å². The van der Waals surface area contributed by atoms with Gasteiger partial charge >= 0.3 is 0 Å². The fourth-order valence-electron chi connectivity index (χ4n) is 2.36. The van der Waals surface area contributed by atoms with Gasteiger partial charge in [-0.15, -0.1) is 0 Å². The normalized spacial score (nSPS) is 20.2. The predicted molar refractivity (Wildman–Crippen MR) is 68.8 cm³/mol. The molecule has 1 fully saturated rings. The third-order valence-electron chi connectivity index (χ3n) is 3.35. The molecule has 5 nitrogen and oxygen atoms in total. The lowest BCUT2D eigenvalue weighted by Gasteiger charge is -2.28. The van der Waals surface area contributed by atoms with Crippen molar-refractivity contribution in [1.82, 2.24) is 0 Å². The molecule has 2 rings (SSSR count). The number of benzene rings is 1.